The van der Waals surface area contributed by atoms with Crippen molar-refractivity contribution >= 4 is 17.2 Å². The van der Waals surface area contributed by atoms with Gasteiger partial charge in [0.05, 0.1) is 12.0 Å². The van der Waals surface area contributed by atoms with Gasteiger partial charge >= 0.3 is 0 Å². The molecule has 4 heteroatoms. The fourth-order valence-corrected chi connectivity index (χ4v) is 3.80. The van der Waals surface area contributed by atoms with Crippen molar-refractivity contribution in [3.05, 3.63) is 34.5 Å². The van der Waals surface area contributed by atoms with Crippen LogP contribution in [0.3, 0.4) is 0 Å². The molecule has 18 heavy (non-hydrogen) atoms. The molecule has 1 aliphatic carbocycles. The average Bonchev–Trinajstić information content (AvgIpc) is 3.08. The zero-order valence-electron chi connectivity index (χ0n) is 10.3. The topological polar surface area (TPSA) is 46.3 Å². The molecule has 3 rings (SSSR count). The number of nitrogens with zero attached hydrogens (tertiary/aromatic N) is 1. The van der Waals surface area contributed by atoms with Crippen molar-refractivity contribution in [2.75, 3.05) is 6.54 Å². The number of carbonyl (C=O) groups excluding carboxylic acids is 1. The fourth-order valence-electron chi connectivity index (χ4n) is 2.93. The van der Waals surface area contributed by atoms with Gasteiger partial charge in [-0.2, -0.15) is 0 Å². The van der Waals surface area contributed by atoms with Crippen molar-refractivity contribution in [2.45, 2.75) is 31.3 Å². The fraction of sp³-hybridized carbons (Fsp3) is 0.500. The molecule has 0 bridgehead atoms. The maximum absolute atomic E-state index is 12.5. The first kappa shape index (κ1) is 11.9. The van der Waals surface area contributed by atoms with Crippen molar-refractivity contribution in [1.82, 2.24) is 4.90 Å². The van der Waals surface area contributed by atoms with E-state index in [4.69, 9.17) is 5.73 Å². The Bertz CT molecular complexity index is 454. The van der Waals surface area contributed by atoms with Crippen LogP contribution in [-0.4, -0.2) is 23.4 Å². The molecule has 2 N–H and O–H groups in total. The van der Waals surface area contributed by atoms with Crippen LogP contribution in [0.1, 0.15) is 30.2 Å². The van der Waals surface area contributed by atoms with Crippen LogP contribution in [0.2, 0.25) is 0 Å². The second kappa shape index (κ2) is 4.86. The van der Waals surface area contributed by atoms with E-state index in [9.17, 15) is 4.79 Å². The van der Waals surface area contributed by atoms with E-state index in [1.165, 1.54) is 4.88 Å². The second-order valence-electron chi connectivity index (χ2n) is 5.10. The van der Waals surface area contributed by atoms with E-state index in [0.717, 1.165) is 25.8 Å². The highest BCUT2D eigenvalue weighted by atomic mass is 32.1. The van der Waals surface area contributed by atoms with Crippen molar-refractivity contribution in [1.29, 1.82) is 0 Å². The highest BCUT2D eigenvalue weighted by molar-refractivity contribution is 7.10. The molecule has 0 spiro atoms. The Morgan fingerprint density at radius 1 is 1.44 bits per heavy atom. The molecule has 0 radical (unpaired) electrons. The third-order valence-electron chi connectivity index (χ3n) is 3.84. The van der Waals surface area contributed by atoms with Crippen LogP contribution >= 0.6 is 11.3 Å². The third-order valence-corrected chi connectivity index (χ3v) is 4.81. The van der Waals surface area contributed by atoms with E-state index in [2.05, 4.69) is 22.4 Å². The van der Waals surface area contributed by atoms with E-state index in [0.29, 0.717) is 6.04 Å². The van der Waals surface area contributed by atoms with Crippen LogP contribution in [-0.2, 0) is 4.79 Å². The lowest BCUT2D eigenvalue weighted by Crippen LogP contribution is -2.35. The summed E-state index contributed by atoms with van der Waals surface area (Å²) in [6.07, 6.45) is 6.91. The SMILES string of the molecule is NC1C=CC(C(=O)N2CCCC2c2cccs2)C1. The lowest BCUT2D eigenvalue weighted by Gasteiger charge is -2.26. The van der Waals surface area contributed by atoms with E-state index >= 15 is 0 Å². The van der Waals surface area contributed by atoms with Gasteiger partial charge in [-0.25, -0.2) is 0 Å². The van der Waals surface area contributed by atoms with Gasteiger partial charge in [-0.1, -0.05) is 18.2 Å². The molecule has 2 heterocycles. The molecular weight excluding hydrogens is 244 g/mol. The molecule has 3 unspecified atom stereocenters. The van der Waals surface area contributed by atoms with Gasteiger partial charge in [-0.3, -0.25) is 4.79 Å². The largest absolute Gasteiger partial charge is 0.334 e. The number of carbonyl (C=O) groups is 1. The van der Waals surface area contributed by atoms with E-state index in [1.807, 2.05) is 12.2 Å². The van der Waals surface area contributed by atoms with Gasteiger partial charge in [0.15, 0.2) is 0 Å². The number of hydrogen-bond donors (Lipinski definition) is 1. The predicted molar refractivity (Wildman–Crippen MR) is 73.2 cm³/mol. The van der Waals surface area contributed by atoms with Crippen LogP contribution in [0, 0.1) is 5.92 Å². The molecule has 3 atom stereocenters. The standard InChI is InChI=1S/C14H18N2OS/c15-11-6-5-10(9-11)14(17)16-7-1-3-12(16)13-4-2-8-18-13/h2,4-6,8,10-12H,1,3,7,9,15H2. The van der Waals surface area contributed by atoms with Crippen molar-refractivity contribution in [2.24, 2.45) is 11.7 Å². The predicted octanol–water partition coefficient (Wildman–Crippen LogP) is 2.32. The summed E-state index contributed by atoms with van der Waals surface area (Å²) in [5.74, 6) is 0.260. The van der Waals surface area contributed by atoms with Gasteiger partial charge in [-0.15, -0.1) is 11.3 Å². The van der Waals surface area contributed by atoms with Crippen molar-refractivity contribution in [3.63, 3.8) is 0 Å². The minimum Gasteiger partial charge on any atom is -0.334 e. The maximum Gasteiger partial charge on any atom is 0.230 e. The first-order valence-electron chi connectivity index (χ1n) is 6.53. The first-order valence-corrected chi connectivity index (χ1v) is 7.41. The Hall–Kier alpha value is -1.13. The Morgan fingerprint density at radius 2 is 2.33 bits per heavy atom. The molecular formula is C14H18N2OS. The van der Waals surface area contributed by atoms with Crippen molar-refractivity contribution < 1.29 is 4.79 Å². The molecule has 1 fully saturated rings. The molecule has 1 saturated heterocycles. The van der Waals surface area contributed by atoms with Gasteiger partial charge < -0.3 is 10.6 Å². The molecule has 2 aliphatic rings. The summed E-state index contributed by atoms with van der Waals surface area (Å²) < 4.78 is 0. The molecule has 1 amide bonds. The van der Waals surface area contributed by atoms with Crippen molar-refractivity contribution in [3.8, 4) is 0 Å². The molecule has 96 valence electrons. The number of thiophene rings is 1. The van der Waals surface area contributed by atoms with Crippen LogP contribution in [0.4, 0.5) is 0 Å². The molecule has 1 aromatic heterocycles. The van der Waals surface area contributed by atoms with Gasteiger partial charge in [0.2, 0.25) is 5.91 Å². The molecule has 1 aliphatic heterocycles. The van der Waals surface area contributed by atoms with Gasteiger partial charge in [0.25, 0.3) is 0 Å². The highest BCUT2D eigenvalue weighted by Crippen LogP contribution is 2.36. The third kappa shape index (κ3) is 2.10. The summed E-state index contributed by atoms with van der Waals surface area (Å²) in [6.45, 7) is 0.890. The van der Waals surface area contributed by atoms with Gasteiger partial charge in [-0.05, 0) is 30.7 Å². The maximum atomic E-state index is 12.5. The minimum absolute atomic E-state index is 0.000521. The summed E-state index contributed by atoms with van der Waals surface area (Å²) in [5.41, 5.74) is 5.84. The average molecular weight is 262 g/mol. The Morgan fingerprint density at radius 3 is 3.00 bits per heavy atom. The zero-order chi connectivity index (χ0) is 12.5. The second-order valence-corrected chi connectivity index (χ2v) is 6.08. The smallest absolute Gasteiger partial charge is 0.230 e. The molecule has 0 aromatic carbocycles. The number of hydrogen-bond acceptors (Lipinski definition) is 3. The normalized spacial score (nSPS) is 31.2. The van der Waals surface area contributed by atoms with Gasteiger partial charge in [0.1, 0.15) is 0 Å². The Kier molecular flexibility index (Phi) is 3.22. The molecule has 1 aromatic rings. The monoisotopic (exact) mass is 262 g/mol. The van der Waals surface area contributed by atoms with E-state index in [-0.39, 0.29) is 17.9 Å². The molecule has 3 nitrogen and oxygen atoms in total. The summed E-state index contributed by atoms with van der Waals surface area (Å²) >= 11 is 1.75. The Balaban J connectivity index is 1.75. The van der Waals surface area contributed by atoms with Crippen LogP contribution in [0.25, 0.3) is 0 Å². The summed E-state index contributed by atoms with van der Waals surface area (Å²) in [5, 5.41) is 2.09. The number of amides is 1. The van der Waals surface area contributed by atoms with Crippen LogP contribution < -0.4 is 5.73 Å². The minimum atomic E-state index is 0.000521. The summed E-state index contributed by atoms with van der Waals surface area (Å²) in [4.78, 5) is 15.9. The van der Waals surface area contributed by atoms with Crippen LogP contribution in [0.5, 0.6) is 0 Å². The zero-order valence-corrected chi connectivity index (χ0v) is 11.1. The first-order chi connectivity index (χ1) is 8.75. The molecule has 0 saturated carbocycles. The highest BCUT2D eigenvalue weighted by Gasteiger charge is 2.35. The van der Waals surface area contributed by atoms with E-state index < -0.39 is 0 Å². The lowest BCUT2D eigenvalue weighted by molar-refractivity contribution is -0.134. The van der Waals surface area contributed by atoms with Crippen LogP contribution in [0.15, 0.2) is 29.7 Å². The summed E-state index contributed by atoms with van der Waals surface area (Å²) in [7, 11) is 0. The Labute approximate surface area is 111 Å². The van der Waals surface area contributed by atoms with Gasteiger partial charge in [0, 0.05) is 17.5 Å². The quantitative estimate of drug-likeness (QED) is 0.831. The van der Waals surface area contributed by atoms with E-state index in [1.54, 1.807) is 11.3 Å². The number of nitrogens with two attached hydrogens (primary N) is 1. The lowest BCUT2D eigenvalue weighted by atomic mass is 10.1. The summed E-state index contributed by atoms with van der Waals surface area (Å²) in [6, 6.07) is 4.55. The number of rotatable bonds is 2. The number of likely N-dealkylation sites (tertiary alicyclic amines) is 1.